The fraction of sp³-hybridized carbons (Fsp3) is 0.364. The maximum atomic E-state index is 12.4. The van der Waals surface area contributed by atoms with Crippen LogP contribution in [0.15, 0.2) is 48.5 Å². The molecule has 5 heteroatoms. The number of benzene rings is 2. The molecule has 1 fully saturated rings. The second-order valence-electron chi connectivity index (χ2n) is 7.09. The number of rotatable bonds is 5. The number of piperazine rings is 1. The number of hydrogen-bond donors (Lipinski definition) is 1. The minimum atomic E-state index is -0.218. The Morgan fingerprint density at radius 2 is 1.70 bits per heavy atom. The van der Waals surface area contributed by atoms with Gasteiger partial charge in [0.15, 0.2) is 0 Å². The fourth-order valence-corrected chi connectivity index (χ4v) is 3.35. The molecule has 27 heavy (non-hydrogen) atoms. The highest BCUT2D eigenvalue weighted by atomic mass is 16.2. The van der Waals surface area contributed by atoms with Crippen LogP contribution in [0.1, 0.15) is 23.1 Å². The molecule has 0 atom stereocenters. The van der Waals surface area contributed by atoms with Crippen LogP contribution in [0.25, 0.3) is 0 Å². The molecule has 1 N–H and O–H groups in total. The van der Waals surface area contributed by atoms with Crippen molar-refractivity contribution in [1.29, 1.82) is 0 Å². The molecule has 1 aliphatic rings. The van der Waals surface area contributed by atoms with Crippen molar-refractivity contribution in [3.8, 4) is 0 Å². The normalized spacial score (nSPS) is 14.1. The Balaban J connectivity index is 1.45. The van der Waals surface area contributed by atoms with E-state index in [-0.39, 0.29) is 18.2 Å². The lowest BCUT2D eigenvalue weighted by Crippen LogP contribution is -2.49. The second kappa shape index (κ2) is 8.71. The zero-order valence-corrected chi connectivity index (χ0v) is 16.1. The summed E-state index contributed by atoms with van der Waals surface area (Å²) in [6, 6.07) is 16.3. The van der Waals surface area contributed by atoms with E-state index in [1.54, 1.807) is 4.90 Å². The van der Waals surface area contributed by atoms with Crippen molar-refractivity contribution in [2.75, 3.05) is 31.1 Å². The number of carbonyl (C=O) groups excluding carboxylic acids is 2. The second-order valence-corrected chi connectivity index (χ2v) is 7.09. The number of aryl methyl sites for hydroxylation is 2. The van der Waals surface area contributed by atoms with E-state index in [2.05, 4.69) is 41.4 Å². The number of amides is 2. The van der Waals surface area contributed by atoms with Crippen LogP contribution in [0.4, 0.5) is 5.69 Å². The Labute approximate surface area is 161 Å². The quantitative estimate of drug-likeness (QED) is 0.829. The topological polar surface area (TPSA) is 52.7 Å². The maximum absolute atomic E-state index is 12.4. The molecule has 0 aromatic heterocycles. The molecule has 2 aromatic carbocycles. The highest BCUT2D eigenvalue weighted by Crippen LogP contribution is 2.18. The highest BCUT2D eigenvalue weighted by Gasteiger charge is 2.23. The maximum Gasteiger partial charge on any atom is 0.232 e. The molecular formula is C22H27N3O2. The van der Waals surface area contributed by atoms with E-state index in [0.717, 1.165) is 24.2 Å². The minimum absolute atomic E-state index is 0.0870. The van der Waals surface area contributed by atoms with Crippen molar-refractivity contribution in [3.05, 3.63) is 65.2 Å². The van der Waals surface area contributed by atoms with Gasteiger partial charge in [0, 0.05) is 38.4 Å². The first-order chi connectivity index (χ1) is 13.0. The molecule has 0 spiro atoms. The van der Waals surface area contributed by atoms with Crippen molar-refractivity contribution < 1.29 is 9.59 Å². The third-order valence-corrected chi connectivity index (χ3v) is 5.05. The summed E-state index contributed by atoms with van der Waals surface area (Å²) >= 11 is 0. The lowest BCUT2D eigenvalue weighted by Gasteiger charge is -2.36. The largest absolute Gasteiger partial charge is 0.368 e. The van der Waals surface area contributed by atoms with E-state index in [1.807, 2.05) is 31.2 Å². The molecule has 0 unspecified atom stereocenters. The summed E-state index contributed by atoms with van der Waals surface area (Å²) in [6.45, 7) is 7.44. The zero-order valence-electron chi connectivity index (χ0n) is 16.1. The van der Waals surface area contributed by atoms with E-state index >= 15 is 0 Å². The fourth-order valence-electron chi connectivity index (χ4n) is 3.35. The van der Waals surface area contributed by atoms with Gasteiger partial charge in [0.05, 0.1) is 0 Å². The van der Waals surface area contributed by atoms with Crippen molar-refractivity contribution >= 4 is 17.5 Å². The number of anilines is 1. The first kappa shape index (κ1) is 19.0. The first-order valence-corrected chi connectivity index (χ1v) is 9.43. The van der Waals surface area contributed by atoms with Crippen LogP contribution in [-0.4, -0.2) is 42.9 Å². The standard InChI is InChI=1S/C22H27N3O2/c1-17-6-5-9-20(14-17)24-10-12-25(13-11-24)22(27)15-21(26)23-16-19-8-4-3-7-18(19)2/h3-9,14H,10-13,15-16H2,1-2H3,(H,23,26). The van der Waals surface area contributed by atoms with E-state index in [0.29, 0.717) is 19.6 Å². The van der Waals surface area contributed by atoms with Gasteiger partial charge in [-0.05, 0) is 42.7 Å². The number of hydrogen-bond acceptors (Lipinski definition) is 3. The van der Waals surface area contributed by atoms with Crippen LogP contribution in [0.2, 0.25) is 0 Å². The van der Waals surface area contributed by atoms with Gasteiger partial charge in [-0.25, -0.2) is 0 Å². The Morgan fingerprint density at radius 1 is 0.963 bits per heavy atom. The van der Waals surface area contributed by atoms with Crippen LogP contribution >= 0.6 is 0 Å². The molecule has 2 amide bonds. The van der Waals surface area contributed by atoms with Crippen molar-refractivity contribution in [3.63, 3.8) is 0 Å². The van der Waals surface area contributed by atoms with Crippen LogP contribution in [0, 0.1) is 13.8 Å². The van der Waals surface area contributed by atoms with E-state index in [9.17, 15) is 9.59 Å². The van der Waals surface area contributed by atoms with Crippen LogP contribution in [0.3, 0.4) is 0 Å². The van der Waals surface area contributed by atoms with E-state index < -0.39 is 0 Å². The van der Waals surface area contributed by atoms with Gasteiger partial charge in [-0.15, -0.1) is 0 Å². The highest BCUT2D eigenvalue weighted by molar-refractivity contribution is 5.97. The Morgan fingerprint density at radius 3 is 2.41 bits per heavy atom. The SMILES string of the molecule is Cc1cccc(N2CCN(C(=O)CC(=O)NCc3ccccc3C)CC2)c1. The molecular weight excluding hydrogens is 338 g/mol. The Hall–Kier alpha value is -2.82. The molecule has 3 rings (SSSR count). The van der Waals surface area contributed by atoms with Gasteiger partial charge in [0.1, 0.15) is 6.42 Å². The van der Waals surface area contributed by atoms with Gasteiger partial charge in [-0.2, -0.15) is 0 Å². The summed E-state index contributed by atoms with van der Waals surface area (Å²) in [5, 5.41) is 2.85. The molecule has 1 saturated heterocycles. The third kappa shape index (κ3) is 5.09. The average molecular weight is 365 g/mol. The van der Waals surface area contributed by atoms with Crippen LogP contribution in [0.5, 0.6) is 0 Å². The van der Waals surface area contributed by atoms with E-state index in [1.165, 1.54) is 11.3 Å². The summed E-state index contributed by atoms with van der Waals surface area (Å²) in [5.41, 5.74) is 4.64. The van der Waals surface area contributed by atoms with Gasteiger partial charge in [0.2, 0.25) is 11.8 Å². The van der Waals surface area contributed by atoms with Gasteiger partial charge < -0.3 is 15.1 Å². The molecule has 0 saturated carbocycles. The smallest absolute Gasteiger partial charge is 0.232 e. The monoisotopic (exact) mass is 365 g/mol. The molecule has 1 aliphatic heterocycles. The summed E-state index contributed by atoms with van der Waals surface area (Å²) in [5.74, 6) is -0.314. The molecule has 2 aromatic rings. The summed E-state index contributed by atoms with van der Waals surface area (Å²) in [7, 11) is 0. The van der Waals surface area contributed by atoms with E-state index in [4.69, 9.17) is 0 Å². The summed E-state index contributed by atoms with van der Waals surface area (Å²) in [6.07, 6.45) is -0.0870. The third-order valence-electron chi connectivity index (χ3n) is 5.05. The van der Waals surface area contributed by atoms with Gasteiger partial charge in [0.25, 0.3) is 0 Å². The number of carbonyl (C=O) groups is 2. The molecule has 0 bridgehead atoms. The summed E-state index contributed by atoms with van der Waals surface area (Å²) < 4.78 is 0. The number of nitrogens with zero attached hydrogens (tertiary/aromatic N) is 2. The minimum Gasteiger partial charge on any atom is -0.368 e. The lowest BCUT2D eigenvalue weighted by atomic mass is 10.1. The van der Waals surface area contributed by atoms with Gasteiger partial charge in [-0.3, -0.25) is 9.59 Å². The van der Waals surface area contributed by atoms with Crippen LogP contribution < -0.4 is 10.2 Å². The zero-order chi connectivity index (χ0) is 19.2. The average Bonchev–Trinajstić information content (AvgIpc) is 2.67. The van der Waals surface area contributed by atoms with Crippen molar-refractivity contribution in [2.24, 2.45) is 0 Å². The Kier molecular flexibility index (Phi) is 6.12. The van der Waals surface area contributed by atoms with Crippen LogP contribution in [-0.2, 0) is 16.1 Å². The first-order valence-electron chi connectivity index (χ1n) is 9.43. The Bertz CT molecular complexity index is 811. The number of nitrogens with one attached hydrogen (secondary N) is 1. The molecule has 0 radical (unpaired) electrons. The van der Waals surface area contributed by atoms with Gasteiger partial charge >= 0.3 is 0 Å². The van der Waals surface area contributed by atoms with Crippen molar-refractivity contribution in [2.45, 2.75) is 26.8 Å². The summed E-state index contributed by atoms with van der Waals surface area (Å²) in [4.78, 5) is 28.6. The van der Waals surface area contributed by atoms with Gasteiger partial charge in [-0.1, -0.05) is 36.4 Å². The molecule has 142 valence electrons. The molecule has 5 nitrogen and oxygen atoms in total. The molecule has 1 heterocycles. The predicted molar refractivity (Wildman–Crippen MR) is 108 cm³/mol. The predicted octanol–water partition coefficient (Wildman–Crippen LogP) is 2.66. The van der Waals surface area contributed by atoms with Crippen molar-refractivity contribution in [1.82, 2.24) is 10.2 Å². The lowest BCUT2D eigenvalue weighted by molar-refractivity contribution is -0.136. The molecule has 0 aliphatic carbocycles.